The molecule has 5 nitrogen and oxygen atoms in total. The molecular weight excluding hydrogens is 224 g/mol. The van der Waals surface area contributed by atoms with E-state index in [1.165, 1.54) is 4.68 Å². The quantitative estimate of drug-likeness (QED) is 0.800. The van der Waals surface area contributed by atoms with Crippen molar-refractivity contribution in [3.8, 4) is 0 Å². The van der Waals surface area contributed by atoms with Gasteiger partial charge in [-0.25, -0.2) is 4.68 Å². The summed E-state index contributed by atoms with van der Waals surface area (Å²) in [5, 5.41) is 10.0. The SMILES string of the molecule is CCNC(=O)c1c(Br)nnn1C. The Morgan fingerprint density at radius 3 is 2.83 bits per heavy atom. The fourth-order valence-corrected chi connectivity index (χ4v) is 1.32. The summed E-state index contributed by atoms with van der Waals surface area (Å²) < 4.78 is 1.89. The maximum Gasteiger partial charge on any atom is 0.272 e. The van der Waals surface area contributed by atoms with Crippen molar-refractivity contribution < 1.29 is 4.79 Å². The van der Waals surface area contributed by atoms with Crippen molar-refractivity contribution in [2.75, 3.05) is 6.54 Å². The smallest absolute Gasteiger partial charge is 0.272 e. The van der Waals surface area contributed by atoms with Crippen LogP contribution < -0.4 is 5.32 Å². The van der Waals surface area contributed by atoms with E-state index in [-0.39, 0.29) is 5.91 Å². The van der Waals surface area contributed by atoms with Gasteiger partial charge in [0.25, 0.3) is 5.91 Å². The number of hydrogen-bond donors (Lipinski definition) is 1. The average molecular weight is 233 g/mol. The molecule has 0 fully saturated rings. The first-order chi connectivity index (χ1) is 5.66. The van der Waals surface area contributed by atoms with Crippen LogP contribution in [0.1, 0.15) is 17.4 Å². The maximum atomic E-state index is 11.3. The molecule has 1 amide bonds. The van der Waals surface area contributed by atoms with Gasteiger partial charge in [-0.3, -0.25) is 4.79 Å². The van der Waals surface area contributed by atoms with Crippen molar-refractivity contribution in [2.45, 2.75) is 6.92 Å². The Balaban J connectivity index is 2.93. The molecule has 1 aromatic heterocycles. The topological polar surface area (TPSA) is 59.8 Å². The molecule has 0 aliphatic carbocycles. The van der Waals surface area contributed by atoms with Gasteiger partial charge in [0.05, 0.1) is 0 Å². The fraction of sp³-hybridized carbons (Fsp3) is 0.500. The Labute approximate surface area is 78.3 Å². The van der Waals surface area contributed by atoms with Gasteiger partial charge < -0.3 is 5.32 Å². The lowest BCUT2D eigenvalue weighted by atomic mass is 10.4. The van der Waals surface area contributed by atoms with Gasteiger partial charge in [-0.2, -0.15) is 0 Å². The summed E-state index contributed by atoms with van der Waals surface area (Å²) in [6, 6.07) is 0. The highest BCUT2D eigenvalue weighted by atomic mass is 79.9. The molecule has 6 heteroatoms. The van der Waals surface area contributed by atoms with Crippen LogP contribution in [0.15, 0.2) is 4.60 Å². The molecule has 12 heavy (non-hydrogen) atoms. The van der Waals surface area contributed by atoms with Crippen LogP contribution in [0.3, 0.4) is 0 Å². The van der Waals surface area contributed by atoms with Crippen LogP contribution in [0.25, 0.3) is 0 Å². The Morgan fingerprint density at radius 1 is 1.75 bits per heavy atom. The van der Waals surface area contributed by atoms with Crippen molar-refractivity contribution in [3.05, 3.63) is 10.3 Å². The third-order valence-corrected chi connectivity index (χ3v) is 1.87. The Hall–Kier alpha value is -0.910. The highest BCUT2D eigenvalue weighted by Crippen LogP contribution is 2.10. The second kappa shape index (κ2) is 3.66. The molecule has 0 aliphatic heterocycles. The summed E-state index contributed by atoms with van der Waals surface area (Å²) in [7, 11) is 1.67. The minimum Gasteiger partial charge on any atom is -0.351 e. The van der Waals surface area contributed by atoms with Gasteiger partial charge in [0.2, 0.25) is 0 Å². The van der Waals surface area contributed by atoms with Crippen LogP contribution >= 0.6 is 15.9 Å². The van der Waals surface area contributed by atoms with E-state index in [1.807, 2.05) is 6.92 Å². The Kier molecular flexibility index (Phi) is 2.80. The van der Waals surface area contributed by atoms with E-state index in [2.05, 4.69) is 31.6 Å². The largest absolute Gasteiger partial charge is 0.351 e. The van der Waals surface area contributed by atoms with Crippen molar-refractivity contribution in [1.82, 2.24) is 20.3 Å². The van der Waals surface area contributed by atoms with Gasteiger partial charge >= 0.3 is 0 Å². The van der Waals surface area contributed by atoms with Gasteiger partial charge in [0, 0.05) is 13.6 Å². The first-order valence-corrected chi connectivity index (χ1v) is 4.29. The molecule has 0 aliphatic rings. The van der Waals surface area contributed by atoms with E-state index < -0.39 is 0 Å². The number of nitrogens with one attached hydrogen (secondary N) is 1. The second-order valence-corrected chi connectivity index (χ2v) is 2.96. The highest BCUT2D eigenvalue weighted by Gasteiger charge is 2.15. The lowest BCUT2D eigenvalue weighted by Crippen LogP contribution is -2.25. The molecule has 1 heterocycles. The molecule has 1 N–H and O–H groups in total. The van der Waals surface area contributed by atoms with E-state index in [0.717, 1.165) is 0 Å². The minimum atomic E-state index is -0.170. The lowest BCUT2D eigenvalue weighted by Gasteiger charge is -2.00. The standard InChI is InChI=1S/C6H9BrN4O/c1-3-8-6(12)4-5(7)9-10-11(4)2/h3H2,1-2H3,(H,8,12). The molecule has 0 saturated heterocycles. The zero-order valence-electron chi connectivity index (χ0n) is 6.83. The van der Waals surface area contributed by atoms with Crippen LogP contribution in [-0.2, 0) is 7.05 Å². The first kappa shape index (κ1) is 9.18. The number of hydrogen-bond acceptors (Lipinski definition) is 3. The van der Waals surface area contributed by atoms with Crippen molar-refractivity contribution in [1.29, 1.82) is 0 Å². The van der Waals surface area contributed by atoms with E-state index in [4.69, 9.17) is 0 Å². The average Bonchev–Trinajstić information content (AvgIpc) is 2.32. The highest BCUT2D eigenvalue weighted by molar-refractivity contribution is 9.10. The number of aryl methyl sites for hydroxylation is 1. The van der Waals surface area contributed by atoms with E-state index in [0.29, 0.717) is 16.8 Å². The summed E-state index contributed by atoms with van der Waals surface area (Å²) in [5.41, 5.74) is 0.442. The Bertz CT molecular complexity index is 276. The number of carbonyl (C=O) groups is 1. The molecule has 0 spiro atoms. The molecule has 0 unspecified atom stereocenters. The summed E-state index contributed by atoms with van der Waals surface area (Å²) in [4.78, 5) is 11.3. The minimum absolute atomic E-state index is 0.170. The van der Waals surface area contributed by atoms with Gasteiger partial charge in [0.15, 0.2) is 10.3 Å². The summed E-state index contributed by atoms with van der Waals surface area (Å²) in [5.74, 6) is -0.170. The van der Waals surface area contributed by atoms with E-state index >= 15 is 0 Å². The number of carbonyl (C=O) groups excluding carboxylic acids is 1. The van der Waals surface area contributed by atoms with Crippen molar-refractivity contribution >= 4 is 21.8 Å². The van der Waals surface area contributed by atoms with Crippen LogP contribution in [0.4, 0.5) is 0 Å². The number of amides is 1. The van der Waals surface area contributed by atoms with Crippen molar-refractivity contribution in [3.63, 3.8) is 0 Å². The van der Waals surface area contributed by atoms with Crippen LogP contribution in [0.2, 0.25) is 0 Å². The zero-order chi connectivity index (χ0) is 9.14. The molecule has 0 saturated carbocycles. The van der Waals surface area contributed by atoms with Gasteiger partial charge in [0.1, 0.15) is 0 Å². The molecule has 0 atom stereocenters. The fourth-order valence-electron chi connectivity index (χ4n) is 0.817. The predicted molar refractivity (Wildman–Crippen MR) is 46.7 cm³/mol. The van der Waals surface area contributed by atoms with Gasteiger partial charge in [-0.1, -0.05) is 5.21 Å². The molecule has 66 valence electrons. The predicted octanol–water partition coefficient (Wildman–Crippen LogP) is 0.327. The van der Waals surface area contributed by atoms with Crippen LogP contribution in [-0.4, -0.2) is 27.4 Å². The molecular formula is C6H9BrN4O. The lowest BCUT2D eigenvalue weighted by molar-refractivity contribution is 0.0945. The number of aromatic nitrogens is 3. The van der Waals surface area contributed by atoms with Gasteiger partial charge in [-0.15, -0.1) is 5.10 Å². The number of nitrogens with zero attached hydrogens (tertiary/aromatic N) is 3. The van der Waals surface area contributed by atoms with Crippen LogP contribution in [0, 0.1) is 0 Å². The molecule has 0 radical (unpaired) electrons. The van der Waals surface area contributed by atoms with E-state index in [9.17, 15) is 4.79 Å². The number of rotatable bonds is 2. The zero-order valence-corrected chi connectivity index (χ0v) is 8.42. The van der Waals surface area contributed by atoms with E-state index in [1.54, 1.807) is 7.05 Å². The van der Waals surface area contributed by atoms with Crippen LogP contribution in [0.5, 0.6) is 0 Å². The van der Waals surface area contributed by atoms with Gasteiger partial charge in [-0.05, 0) is 22.9 Å². The molecule has 0 aromatic carbocycles. The normalized spacial score (nSPS) is 9.92. The third kappa shape index (κ3) is 1.63. The van der Waals surface area contributed by atoms with Crippen molar-refractivity contribution in [2.24, 2.45) is 7.05 Å². The first-order valence-electron chi connectivity index (χ1n) is 3.50. The maximum absolute atomic E-state index is 11.3. The molecule has 1 aromatic rings. The summed E-state index contributed by atoms with van der Waals surface area (Å²) in [6.07, 6.45) is 0. The Morgan fingerprint density at radius 2 is 2.42 bits per heavy atom. The molecule has 0 bridgehead atoms. The monoisotopic (exact) mass is 232 g/mol. The summed E-state index contributed by atoms with van der Waals surface area (Å²) >= 11 is 3.13. The molecule has 1 rings (SSSR count). The second-order valence-electron chi connectivity index (χ2n) is 2.21. The third-order valence-electron chi connectivity index (χ3n) is 1.34. The number of halogens is 1. The summed E-state index contributed by atoms with van der Waals surface area (Å²) in [6.45, 7) is 2.45.